The zero-order chi connectivity index (χ0) is 23.8. The summed E-state index contributed by atoms with van der Waals surface area (Å²) in [5.74, 6) is 1.09. The summed E-state index contributed by atoms with van der Waals surface area (Å²) in [7, 11) is 1.56. The maximum atomic E-state index is 12.5. The number of carbonyl (C=O) groups is 1. The maximum absolute atomic E-state index is 12.5. The van der Waals surface area contributed by atoms with Crippen LogP contribution in [0.5, 0.6) is 11.5 Å². The minimum absolute atomic E-state index is 0.329. The Balaban J connectivity index is 1.60. The molecule has 1 heterocycles. The van der Waals surface area contributed by atoms with Crippen molar-refractivity contribution in [1.29, 1.82) is 0 Å². The van der Waals surface area contributed by atoms with Crippen molar-refractivity contribution in [2.45, 2.75) is 13.3 Å². The first-order chi connectivity index (χ1) is 16.7. The van der Waals surface area contributed by atoms with Crippen molar-refractivity contribution < 1.29 is 14.3 Å². The molecule has 0 fully saturated rings. The quantitative estimate of drug-likeness (QED) is 0.282. The van der Waals surface area contributed by atoms with E-state index in [-0.39, 0.29) is 5.91 Å². The lowest BCUT2D eigenvalue weighted by molar-refractivity contribution is 0.0955. The van der Waals surface area contributed by atoms with Gasteiger partial charge in [-0.05, 0) is 61.0 Å². The number of rotatable bonds is 9. The second kappa shape index (κ2) is 11.0. The average Bonchev–Trinajstić information content (AvgIpc) is 3.32. The van der Waals surface area contributed by atoms with Gasteiger partial charge >= 0.3 is 0 Å². The summed E-state index contributed by atoms with van der Waals surface area (Å²) >= 11 is 0. The number of aromatic nitrogens is 2. The molecule has 1 aromatic heterocycles. The van der Waals surface area contributed by atoms with E-state index in [4.69, 9.17) is 14.6 Å². The lowest BCUT2D eigenvalue weighted by Crippen LogP contribution is -2.17. The van der Waals surface area contributed by atoms with Gasteiger partial charge in [-0.2, -0.15) is 10.2 Å². The number of amides is 1. The van der Waals surface area contributed by atoms with E-state index in [1.807, 2.05) is 60.8 Å². The van der Waals surface area contributed by atoms with Crippen LogP contribution in [0.15, 0.2) is 90.2 Å². The molecule has 0 saturated heterocycles. The molecule has 0 aliphatic carbocycles. The SMILES string of the molecule is CCCOc1ccc(-c2nn(-c3ccccc3)cc2/C=N\NC(=O)c2cccc(OC)c2)cc1. The first-order valence-electron chi connectivity index (χ1n) is 11.0. The summed E-state index contributed by atoms with van der Waals surface area (Å²) in [4.78, 5) is 12.5. The fourth-order valence-corrected chi connectivity index (χ4v) is 3.34. The summed E-state index contributed by atoms with van der Waals surface area (Å²) in [5.41, 5.74) is 6.38. The summed E-state index contributed by atoms with van der Waals surface area (Å²) in [6, 6.07) is 24.5. The molecule has 7 heteroatoms. The number of para-hydroxylation sites is 1. The second-order valence-electron chi connectivity index (χ2n) is 7.52. The zero-order valence-electron chi connectivity index (χ0n) is 19.1. The van der Waals surface area contributed by atoms with E-state index in [1.165, 1.54) is 0 Å². The molecule has 0 aliphatic heterocycles. The van der Waals surface area contributed by atoms with E-state index in [2.05, 4.69) is 17.5 Å². The Bertz CT molecular complexity index is 1260. The van der Waals surface area contributed by atoms with E-state index in [9.17, 15) is 4.79 Å². The summed E-state index contributed by atoms with van der Waals surface area (Å²) in [5, 5.41) is 8.96. The predicted molar refractivity (Wildman–Crippen MR) is 133 cm³/mol. The normalized spacial score (nSPS) is 10.9. The van der Waals surface area contributed by atoms with Crippen LogP contribution in [0.3, 0.4) is 0 Å². The van der Waals surface area contributed by atoms with E-state index in [1.54, 1.807) is 42.3 Å². The van der Waals surface area contributed by atoms with Gasteiger partial charge in [0.25, 0.3) is 5.91 Å². The number of benzene rings is 3. The van der Waals surface area contributed by atoms with Crippen LogP contribution in [0.1, 0.15) is 29.3 Å². The highest BCUT2D eigenvalue weighted by Crippen LogP contribution is 2.25. The number of carbonyl (C=O) groups excluding carboxylic acids is 1. The second-order valence-corrected chi connectivity index (χ2v) is 7.52. The highest BCUT2D eigenvalue weighted by atomic mass is 16.5. The third kappa shape index (κ3) is 5.50. The summed E-state index contributed by atoms with van der Waals surface area (Å²) < 4.78 is 12.7. The molecule has 7 nitrogen and oxygen atoms in total. The summed E-state index contributed by atoms with van der Waals surface area (Å²) in [6.07, 6.45) is 4.43. The van der Waals surface area contributed by atoms with E-state index < -0.39 is 0 Å². The zero-order valence-corrected chi connectivity index (χ0v) is 19.1. The molecular weight excluding hydrogens is 428 g/mol. The van der Waals surface area contributed by atoms with E-state index in [0.29, 0.717) is 17.9 Å². The van der Waals surface area contributed by atoms with E-state index >= 15 is 0 Å². The van der Waals surface area contributed by atoms with Crippen LogP contribution < -0.4 is 14.9 Å². The highest BCUT2D eigenvalue weighted by molar-refractivity contribution is 5.96. The molecule has 0 bridgehead atoms. The number of nitrogens with one attached hydrogen (secondary N) is 1. The largest absolute Gasteiger partial charge is 0.497 e. The van der Waals surface area contributed by atoms with Gasteiger partial charge in [0.2, 0.25) is 0 Å². The predicted octanol–water partition coefficient (Wildman–Crippen LogP) is 5.10. The molecule has 0 aliphatic rings. The number of hydrazone groups is 1. The van der Waals surface area contributed by atoms with Crippen molar-refractivity contribution in [2.75, 3.05) is 13.7 Å². The van der Waals surface area contributed by atoms with Crippen molar-refractivity contribution in [2.24, 2.45) is 5.10 Å². The van der Waals surface area contributed by atoms with Crippen LogP contribution in [0.4, 0.5) is 0 Å². The first-order valence-corrected chi connectivity index (χ1v) is 11.0. The molecule has 4 aromatic rings. The van der Waals surface area contributed by atoms with Gasteiger partial charge in [0, 0.05) is 22.9 Å². The van der Waals surface area contributed by atoms with Crippen LogP contribution >= 0.6 is 0 Å². The Kier molecular flexibility index (Phi) is 7.35. The molecule has 1 N–H and O–H groups in total. The Morgan fingerprint density at radius 1 is 1.03 bits per heavy atom. The Hall–Kier alpha value is -4.39. The van der Waals surface area contributed by atoms with E-state index in [0.717, 1.165) is 34.7 Å². The maximum Gasteiger partial charge on any atom is 0.271 e. The minimum Gasteiger partial charge on any atom is -0.497 e. The topological polar surface area (TPSA) is 77.7 Å². The lowest BCUT2D eigenvalue weighted by atomic mass is 10.1. The van der Waals surface area contributed by atoms with Crippen molar-refractivity contribution in [3.8, 4) is 28.4 Å². The van der Waals surface area contributed by atoms with Crippen LogP contribution in [-0.2, 0) is 0 Å². The van der Waals surface area contributed by atoms with Crippen LogP contribution in [0.25, 0.3) is 16.9 Å². The minimum atomic E-state index is -0.329. The van der Waals surface area contributed by atoms with Crippen LogP contribution in [0, 0.1) is 0 Å². The number of hydrogen-bond acceptors (Lipinski definition) is 5. The molecule has 1 amide bonds. The fourth-order valence-electron chi connectivity index (χ4n) is 3.34. The number of ether oxygens (including phenoxy) is 2. The Morgan fingerprint density at radius 2 is 1.82 bits per heavy atom. The lowest BCUT2D eigenvalue weighted by Gasteiger charge is -2.05. The highest BCUT2D eigenvalue weighted by Gasteiger charge is 2.12. The average molecular weight is 455 g/mol. The smallest absolute Gasteiger partial charge is 0.271 e. The molecule has 172 valence electrons. The van der Waals surface area contributed by atoms with Gasteiger partial charge in [-0.3, -0.25) is 4.79 Å². The molecule has 3 aromatic carbocycles. The van der Waals surface area contributed by atoms with Crippen molar-refractivity contribution in [1.82, 2.24) is 15.2 Å². The first kappa shape index (κ1) is 22.8. The molecule has 0 saturated carbocycles. The van der Waals surface area contributed by atoms with Gasteiger partial charge in [-0.25, -0.2) is 10.1 Å². The monoisotopic (exact) mass is 454 g/mol. The molecular formula is C27H26N4O3. The van der Waals surface area contributed by atoms with Gasteiger partial charge in [0.15, 0.2) is 0 Å². The third-order valence-electron chi connectivity index (χ3n) is 5.07. The van der Waals surface area contributed by atoms with Crippen molar-refractivity contribution in [3.05, 3.63) is 96.2 Å². The molecule has 0 atom stereocenters. The van der Waals surface area contributed by atoms with Gasteiger partial charge in [0.1, 0.15) is 17.2 Å². The Morgan fingerprint density at radius 3 is 2.56 bits per heavy atom. The molecule has 0 radical (unpaired) electrons. The van der Waals surface area contributed by atoms with Gasteiger partial charge in [0.05, 0.1) is 25.6 Å². The molecule has 34 heavy (non-hydrogen) atoms. The number of methoxy groups -OCH3 is 1. The summed E-state index contributed by atoms with van der Waals surface area (Å²) in [6.45, 7) is 2.75. The Labute approximate surface area is 198 Å². The van der Waals surface area contributed by atoms with Gasteiger partial charge < -0.3 is 9.47 Å². The number of hydrogen-bond donors (Lipinski definition) is 1. The fraction of sp³-hybridized carbons (Fsp3) is 0.148. The van der Waals surface area contributed by atoms with Crippen LogP contribution in [0.2, 0.25) is 0 Å². The molecule has 0 unspecified atom stereocenters. The van der Waals surface area contributed by atoms with Gasteiger partial charge in [-0.1, -0.05) is 31.2 Å². The standard InChI is InChI=1S/C27H26N4O3/c1-3-16-34-24-14-12-20(13-15-24)26-22(19-31(30-26)23-9-5-4-6-10-23)18-28-29-27(32)21-8-7-11-25(17-21)33-2/h4-15,17-19H,3,16H2,1-2H3,(H,29,32)/b28-18-. The number of nitrogens with zero attached hydrogens (tertiary/aromatic N) is 3. The third-order valence-corrected chi connectivity index (χ3v) is 5.07. The van der Waals surface area contributed by atoms with Crippen LogP contribution in [-0.4, -0.2) is 35.6 Å². The van der Waals surface area contributed by atoms with Gasteiger partial charge in [-0.15, -0.1) is 0 Å². The van der Waals surface area contributed by atoms with Crippen molar-refractivity contribution >= 4 is 12.1 Å². The van der Waals surface area contributed by atoms with Crippen molar-refractivity contribution in [3.63, 3.8) is 0 Å². The molecule has 0 spiro atoms. The molecule has 4 rings (SSSR count).